The summed E-state index contributed by atoms with van der Waals surface area (Å²) in [6, 6.07) is 2.98. The highest BCUT2D eigenvalue weighted by molar-refractivity contribution is 7.89. The van der Waals surface area contributed by atoms with Crippen LogP contribution in [0.3, 0.4) is 0 Å². The molecule has 0 atom stereocenters. The predicted octanol–water partition coefficient (Wildman–Crippen LogP) is 0.741. The van der Waals surface area contributed by atoms with E-state index in [9.17, 15) is 8.42 Å². The maximum atomic E-state index is 11.3. The second kappa shape index (κ2) is 4.63. The first-order chi connectivity index (χ1) is 7.32. The van der Waals surface area contributed by atoms with E-state index in [2.05, 4.69) is 11.6 Å². The lowest BCUT2D eigenvalue weighted by Crippen LogP contribution is -2.24. The lowest BCUT2D eigenvalue weighted by Gasteiger charge is -2.20. The van der Waals surface area contributed by atoms with Crippen LogP contribution in [0, 0.1) is 0 Å². The predicted molar refractivity (Wildman–Crippen MR) is 63.7 cm³/mol. The average Bonchev–Trinajstić information content (AvgIpc) is 2.15. The lowest BCUT2D eigenvalue weighted by atomic mass is 10.3. The third kappa shape index (κ3) is 3.04. The zero-order valence-corrected chi connectivity index (χ0v) is 10.2. The van der Waals surface area contributed by atoms with E-state index in [1.54, 1.807) is 11.9 Å². The van der Waals surface area contributed by atoms with Crippen LogP contribution in [-0.2, 0) is 10.0 Å². The normalized spacial score (nSPS) is 11.2. The molecule has 0 aromatic carbocycles. The minimum absolute atomic E-state index is 0.0266. The van der Waals surface area contributed by atoms with Gasteiger partial charge in [0.1, 0.15) is 10.7 Å². The Bertz CT molecular complexity index is 497. The molecule has 1 heterocycles. The topological polar surface area (TPSA) is 76.3 Å². The van der Waals surface area contributed by atoms with Crippen molar-refractivity contribution >= 4 is 15.8 Å². The van der Waals surface area contributed by atoms with Crippen molar-refractivity contribution in [3.8, 4) is 0 Å². The molecule has 2 N–H and O–H groups in total. The van der Waals surface area contributed by atoms with Gasteiger partial charge in [0, 0.05) is 19.8 Å². The summed E-state index contributed by atoms with van der Waals surface area (Å²) in [6.07, 6.45) is 1.53. The zero-order valence-electron chi connectivity index (χ0n) is 9.34. The number of nitrogens with zero attached hydrogens (tertiary/aromatic N) is 2. The summed E-state index contributed by atoms with van der Waals surface area (Å²) in [4.78, 5) is 5.75. The van der Waals surface area contributed by atoms with E-state index in [1.165, 1.54) is 18.3 Å². The second-order valence-electron chi connectivity index (χ2n) is 3.68. The van der Waals surface area contributed by atoms with Crippen molar-refractivity contribution in [2.24, 2.45) is 5.14 Å². The molecule has 1 rings (SSSR count). The molecule has 0 aliphatic carbocycles. The summed E-state index contributed by atoms with van der Waals surface area (Å²) < 4.78 is 22.7. The van der Waals surface area contributed by atoms with Crippen LogP contribution in [-0.4, -0.2) is 27.0 Å². The molecule has 0 bridgehead atoms. The molecular weight excluding hydrogens is 226 g/mol. The fraction of sp³-hybridized carbons (Fsp3) is 0.300. The Balaban J connectivity index is 3.19. The van der Waals surface area contributed by atoms with E-state index in [1.807, 2.05) is 6.92 Å². The molecule has 0 aliphatic heterocycles. The number of rotatable bonds is 4. The highest BCUT2D eigenvalue weighted by Crippen LogP contribution is 2.20. The number of hydrogen-bond acceptors (Lipinski definition) is 4. The zero-order chi connectivity index (χ0) is 12.3. The number of likely N-dealkylation sites (N-methyl/N-ethyl adjacent to an activating group) is 1. The van der Waals surface area contributed by atoms with Crippen molar-refractivity contribution in [1.29, 1.82) is 0 Å². The first-order valence-electron chi connectivity index (χ1n) is 4.65. The number of anilines is 1. The van der Waals surface area contributed by atoms with Gasteiger partial charge in [0.2, 0.25) is 10.0 Å². The molecule has 1 aromatic heterocycles. The Kier molecular flexibility index (Phi) is 3.66. The number of sulfonamides is 1. The molecule has 0 saturated carbocycles. The lowest BCUT2D eigenvalue weighted by molar-refractivity contribution is 0.597. The van der Waals surface area contributed by atoms with E-state index in [4.69, 9.17) is 5.14 Å². The molecular formula is C10H15N3O2S. The van der Waals surface area contributed by atoms with Gasteiger partial charge in [0.05, 0.1) is 0 Å². The summed E-state index contributed by atoms with van der Waals surface area (Å²) in [6.45, 7) is 6.15. The van der Waals surface area contributed by atoms with Gasteiger partial charge in [-0.25, -0.2) is 18.5 Å². The third-order valence-electron chi connectivity index (χ3n) is 1.93. The van der Waals surface area contributed by atoms with Gasteiger partial charge in [-0.3, -0.25) is 0 Å². The fourth-order valence-corrected chi connectivity index (χ4v) is 2.10. The van der Waals surface area contributed by atoms with Gasteiger partial charge >= 0.3 is 0 Å². The quantitative estimate of drug-likeness (QED) is 0.789. The Morgan fingerprint density at radius 3 is 2.75 bits per heavy atom. The molecule has 5 nitrogen and oxygen atoms in total. The first kappa shape index (κ1) is 12.7. The maximum absolute atomic E-state index is 11.3. The van der Waals surface area contributed by atoms with Crippen molar-refractivity contribution in [2.75, 3.05) is 18.5 Å². The Morgan fingerprint density at radius 2 is 2.25 bits per heavy atom. The molecule has 88 valence electrons. The number of pyridine rings is 1. The molecule has 0 fully saturated rings. The number of nitrogens with two attached hydrogens (primary N) is 1. The van der Waals surface area contributed by atoms with Crippen molar-refractivity contribution in [1.82, 2.24) is 4.98 Å². The van der Waals surface area contributed by atoms with Crippen LogP contribution in [0.25, 0.3) is 0 Å². The van der Waals surface area contributed by atoms with Gasteiger partial charge in [0.15, 0.2) is 0 Å². The summed E-state index contributed by atoms with van der Waals surface area (Å²) in [5.41, 5.74) is 0.911. The van der Waals surface area contributed by atoms with Crippen LogP contribution in [0.4, 0.5) is 5.82 Å². The van der Waals surface area contributed by atoms with E-state index in [-0.39, 0.29) is 4.90 Å². The van der Waals surface area contributed by atoms with Gasteiger partial charge in [-0.1, -0.05) is 12.2 Å². The molecule has 16 heavy (non-hydrogen) atoms. The highest BCUT2D eigenvalue weighted by atomic mass is 32.2. The van der Waals surface area contributed by atoms with Crippen LogP contribution in [0.5, 0.6) is 0 Å². The van der Waals surface area contributed by atoms with E-state index in [0.717, 1.165) is 5.57 Å². The Morgan fingerprint density at radius 1 is 1.62 bits per heavy atom. The molecule has 0 radical (unpaired) electrons. The fourth-order valence-electron chi connectivity index (χ4n) is 1.37. The van der Waals surface area contributed by atoms with Crippen LogP contribution >= 0.6 is 0 Å². The summed E-state index contributed by atoms with van der Waals surface area (Å²) >= 11 is 0. The molecule has 0 aliphatic rings. The number of aromatic nitrogens is 1. The molecule has 1 aromatic rings. The molecule has 0 saturated heterocycles. The van der Waals surface area contributed by atoms with Gasteiger partial charge in [0.25, 0.3) is 0 Å². The number of hydrogen-bond donors (Lipinski definition) is 1. The van der Waals surface area contributed by atoms with Crippen molar-refractivity contribution in [3.05, 3.63) is 30.5 Å². The van der Waals surface area contributed by atoms with Crippen LogP contribution in [0.1, 0.15) is 6.92 Å². The molecule has 0 spiro atoms. The largest absolute Gasteiger partial charge is 0.355 e. The van der Waals surface area contributed by atoms with Crippen LogP contribution in [0.15, 0.2) is 35.4 Å². The van der Waals surface area contributed by atoms with E-state index in [0.29, 0.717) is 12.4 Å². The minimum atomic E-state index is -3.75. The maximum Gasteiger partial charge on any atom is 0.241 e. The van der Waals surface area contributed by atoms with Gasteiger partial charge in [-0.05, 0) is 19.1 Å². The standard InChI is InChI=1S/C10H15N3O2S/c1-8(2)7-13(3)10-9(16(11,14)15)5-4-6-12-10/h4-6H,1,7H2,2-3H3,(H2,11,14,15). The van der Waals surface area contributed by atoms with Gasteiger partial charge < -0.3 is 4.90 Å². The van der Waals surface area contributed by atoms with Gasteiger partial charge in [-0.15, -0.1) is 0 Å². The van der Waals surface area contributed by atoms with Crippen LogP contribution < -0.4 is 10.0 Å². The van der Waals surface area contributed by atoms with Crippen molar-refractivity contribution < 1.29 is 8.42 Å². The molecule has 0 unspecified atom stereocenters. The first-order valence-corrected chi connectivity index (χ1v) is 6.20. The monoisotopic (exact) mass is 241 g/mol. The molecule has 6 heteroatoms. The smallest absolute Gasteiger partial charge is 0.241 e. The van der Waals surface area contributed by atoms with Gasteiger partial charge in [-0.2, -0.15) is 0 Å². The molecule has 0 amide bonds. The average molecular weight is 241 g/mol. The second-order valence-corrected chi connectivity index (χ2v) is 5.21. The highest BCUT2D eigenvalue weighted by Gasteiger charge is 2.17. The summed E-state index contributed by atoms with van der Waals surface area (Å²) in [7, 11) is -2.01. The summed E-state index contributed by atoms with van der Waals surface area (Å²) in [5, 5.41) is 5.11. The SMILES string of the molecule is C=C(C)CN(C)c1ncccc1S(N)(=O)=O. The van der Waals surface area contributed by atoms with Crippen LogP contribution in [0.2, 0.25) is 0 Å². The minimum Gasteiger partial charge on any atom is -0.355 e. The third-order valence-corrected chi connectivity index (χ3v) is 2.86. The Hall–Kier alpha value is -1.40. The Labute approximate surface area is 95.6 Å². The van der Waals surface area contributed by atoms with Crippen molar-refractivity contribution in [3.63, 3.8) is 0 Å². The number of primary sulfonamides is 1. The van der Waals surface area contributed by atoms with E-state index < -0.39 is 10.0 Å². The summed E-state index contributed by atoms with van der Waals surface area (Å²) in [5.74, 6) is 0.341. The van der Waals surface area contributed by atoms with Crippen molar-refractivity contribution in [2.45, 2.75) is 11.8 Å². The van der Waals surface area contributed by atoms with E-state index >= 15 is 0 Å².